The summed E-state index contributed by atoms with van der Waals surface area (Å²) in [6.45, 7) is 8.48. The van der Waals surface area contributed by atoms with Crippen molar-refractivity contribution in [1.29, 1.82) is 0 Å². The summed E-state index contributed by atoms with van der Waals surface area (Å²) >= 11 is 3.55. The molecular formula is C13H22BrN3. The first-order valence-corrected chi connectivity index (χ1v) is 6.90. The maximum Gasteiger partial charge on any atom is 0.140 e. The van der Waals surface area contributed by atoms with Crippen LogP contribution in [0, 0.1) is 6.92 Å². The molecule has 0 bridgehead atoms. The van der Waals surface area contributed by atoms with E-state index in [0.717, 1.165) is 23.4 Å². The minimum Gasteiger partial charge on any atom is -0.368 e. The maximum absolute atomic E-state index is 4.32. The molecule has 0 amide bonds. The SMILES string of the molecule is CCC(C)N(C)CCNc1nccc(C)c1Br. The minimum absolute atomic E-state index is 0.630. The number of likely N-dealkylation sites (N-methyl/N-ethyl adjacent to an activating group) is 1. The average molecular weight is 300 g/mol. The number of aromatic nitrogens is 1. The van der Waals surface area contributed by atoms with Crippen molar-refractivity contribution in [2.75, 3.05) is 25.5 Å². The van der Waals surface area contributed by atoms with Crippen LogP contribution >= 0.6 is 15.9 Å². The van der Waals surface area contributed by atoms with Crippen molar-refractivity contribution < 1.29 is 0 Å². The Balaban J connectivity index is 2.43. The number of halogens is 1. The zero-order valence-corrected chi connectivity index (χ0v) is 12.7. The smallest absolute Gasteiger partial charge is 0.140 e. The van der Waals surface area contributed by atoms with Gasteiger partial charge in [0.25, 0.3) is 0 Å². The van der Waals surface area contributed by atoms with Crippen molar-refractivity contribution in [3.63, 3.8) is 0 Å². The molecule has 3 nitrogen and oxygen atoms in total. The fraction of sp³-hybridized carbons (Fsp3) is 0.615. The minimum atomic E-state index is 0.630. The number of rotatable bonds is 6. The molecule has 0 aromatic carbocycles. The summed E-state index contributed by atoms with van der Waals surface area (Å²) in [5, 5.41) is 3.36. The van der Waals surface area contributed by atoms with Crippen LogP contribution in [0.2, 0.25) is 0 Å². The highest BCUT2D eigenvalue weighted by atomic mass is 79.9. The highest BCUT2D eigenvalue weighted by Crippen LogP contribution is 2.22. The van der Waals surface area contributed by atoms with Gasteiger partial charge in [0.2, 0.25) is 0 Å². The van der Waals surface area contributed by atoms with E-state index in [-0.39, 0.29) is 0 Å². The third-order valence-corrected chi connectivity index (χ3v) is 4.18. The van der Waals surface area contributed by atoms with E-state index in [0.29, 0.717) is 6.04 Å². The Labute approximate surface area is 113 Å². The molecule has 0 aliphatic rings. The fourth-order valence-electron chi connectivity index (χ4n) is 1.55. The van der Waals surface area contributed by atoms with Gasteiger partial charge < -0.3 is 10.2 Å². The Morgan fingerprint density at radius 2 is 2.24 bits per heavy atom. The van der Waals surface area contributed by atoms with Crippen LogP contribution in [0.3, 0.4) is 0 Å². The Kier molecular flexibility index (Phi) is 5.92. The fourth-order valence-corrected chi connectivity index (χ4v) is 1.92. The first-order chi connectivity index (χ1) is 8.06. The summed E-state index contributed by atoms with van der Waals surface area (Å²) in [6.07, 6.45) is 3.02. The highest BCUT2D eigenvalue weighted by Gasteiger charge is 2.07. The van der Waals surface area contributed by atoms with E-state index in [4.69, 9.17) is 0 Å². The van der Waals surface area contributed by atoms with Gasteiger partial charge in [-0.05, 0) is 54.9 Å². The van der Waals surface area contributed by atoms with Gasteiger partial charge in [0.05, 0.1) is 4.47 Å². The molecular weight excluding hydrogens is 278 g/mol. The summed E-state index contributed by atoms with van der Waals surface area (Å²) in [5.74, 6) is 0.933. The van der Waals surface area contributed by atoms with E-state index in [2.05, 4.69) is 58.9 Å². The zero-order chi connectivity index (χ0) is 12.8. The third kappa shape index (κ3) is 4.28. The Bertz CT molecular complexity index is 355. The molecule has 0 fully saturated rings. The summed E-state index contributed by atoms with van der Waals surface area (Å²) in [5.41, 5.74) is 1.21. The third-order valence-electron chi connectivity index (χ3n) is 3.18. The molecule has 0 spiro atoms. The molecule has 0 aliphatic heterocycles. The van der Waals surface area contributed by atoms with Crippen LogP contribution in [-0.2, 0) is 0 Å². The van der Waals surface area contributed by atoms with E-state index in [1.807, 2.05) is 12.3 Å². The standard InChI is InChI=1S/C13H22BrN3/c1-5-11(3)17(4)9-8-16-13-12(14)10(2)6-7-15-13/h6-7,11H,5,8-9H2,1-4H3,(H,15,16). The van der Waals surface area contributed by atoms with Crippen molar-refractivity contribution >= 4 is 21.7 Å². The van der Waals surface area contributed by atoms with Crippen molar-refractivity contribution in [3.05, 3.63) is 22.3 Å². The van der Waals surface area contributed by atoms with E-state index >= 15 is 0 Å². The summed E-state index contributed by atoms with van der Waals surface area (Å²) in [7, 11) is 2.16. The first kappa shape index (κ1) is 14.5. The van der Waals surface area contributed by atoms with Gasteiger partial charge in [-0.2, -0.15) is 0 Å². The van der Waals surface area contributed by atoms with Crippen LogP contribution in [0.5, 0.6) is 0 Å². The number of nitrogens with zero attached hydrogens (tertiary/aromatic N) is 2. The van der Waals surface area contributed by atoms with Gasteiger partial charge in [-0.1, -0.05) is 6.92 Å². The Morgan fingerprint density at radius 1 is 1.53 bits per heavy atom. The topological polar surface area (TPSA) is 28.2 Å². The molecule has 0 saturated heterocycles. The average Bonchev–Trinajstić information content (AvgIpc) is 2.33. The zero-order valence-electron chi connectivity index (χ0n) is 11.1. The lowest BCUT2D eigenvalue weighted by Gasteiger charge is -2.23. The molecule has 1 heterocycles. The van der Waals surface area contributed by atoms with Crippen molar-refractivity contribution in [3.8, 4) is 0 Å². The van der Waals surface area contributed by atoms with Crippen molar-refractivity contribution in [2.24, 2.45) is 0 Å². The van der Waals surface area contributed by atoms with Crippen LogP contribution in [0.1, 0.15) is 25.8 Å². The molecule has 0 saturated carbocycles. The van der Waals surface area contributed by atoms with Gasteiger partial charge in [-0.3, -0.25) is 0 Å². The summed E-state index contributed by atoms with van der Waals surface area (Å²) < 4.78 is 1.06. The van der Waals surface area contributed by atoms with Crippen LogP contribution in [0.4, 0.5) is 5.82 Å². The number of nitrogens with one attached hydrogen (secondary N) is 1. The number of anilines is 1. The Morgan fingerprint density at radius 3 is 2.88 bits per heavy atom. The van der Waals surface area contributed by atoms with Crippen molar-refractivity contribution in [1.82, 2.24) is 9.88 Å². The van der Waals surface area contributed by atoms with Gasteiger partial charge in [-0.25, -0.2) is 4.98 Å². The molecule has 1 aromatic heterocycles. The molecule has 4 heteroatoms. The van der Waals surface area contributed by atoms with Crippen LogP contribution in [0.25, 0.3) is 0 Å². The maximum atomic E-state index is 4.32. The van der Waals surface area contributed by atoms with Gasteiger partial charge in [0, 0.05) is 25.3 Å². The van der Waals surface area contributed by atoms with Gasteiger partial charge in [-0.15, -0.1) is 0 Å². The largest absolute Gasteiger partial charge is 0.368 e. The van der Waals surface area contributed by atoms with Gasteiger partial charge in [0.15, 0.2) is 0 Å². The normalized spacial score (nSPS) is 12.8. The number of aryl methyl sites for hydroxylation is 1. The second-order valence-corrected chi connectivity index (χ2v) is 5.25. The number of pyridine rings is 1. The molecule has 0 radical (unpaired) electrons. The molecule has 1 atom stereocenters. The van der Waals surface area contributed by atoms with Gasteiger partial charge >= 0.3 is 0 Å². The summed E-state index contributed by atoms with van der Waals surface area (Å²) in [4.78, 5) is 6.68. The second-order valence-electron chi connectivity index (χ2n) is 4.46. The first-order valence-electron chi connectivity index (χ1n) is 6.11. The lowest BCUT2D eigenvalue weighted by atomic mass is 10.2. The highest BCUT2D eigenvalue weighted by molar-refractivity contribution is 9.10. The Hall–Kier alpha value is -0.610. The van der Waals surface area contributed by atoms with Crippen LogP contribution in [0.15, 0.2) is 16.7 Å². The van der Waals surface area contributed by atoms with E-state index < -0.39 is 0 Å². The van der Waals surface area contributed by atoms with E-state index in [9.17, 15) is 0 Å². The molecule has 1 N–H and O–H groups in total. The predicted octanol–water partition coefficient (Wildman–Crippen LogP) is 3.29. The van der Waals surface area contributed by atoms with E-state index in [1.165, 1.54) is 12.0 Å². The lowest BCUT2D eigenvalue weighted by Crippen LogP contribution is -2.32. The molecule has 0 aliphatic carbocycles. The quantitative estimate of drug-likeness (QED) is 0.874. The molecule has 96 valence electrons. The predicted molar refractivity (Wildman–Crippen MR) is 77.5 cm³/mol. The number of hydrogen-bond acceptors (Lipinski definition) is 3. The van der Waals surface area contributed by atoms with Crippen LogP contribution in [-0.4, -0.2) is 36.1 Å². The molecule has 1 rings (SSSR count). The monoisotopic (exact) mass is 299 g/mol. The second kappa shape index (κ2) is 6.97. The summed E-state index contributed by atoms with van der Waals surface area (Å²) in [6, 6.07) is 2.63. The lowest BCUT2D eigenvalue weighted by molar-refractivity contribution is 0.261. The molecule has 17 heavy (non-hydrogen) atoms. The van der Waals surface area contributed by atoms with Crippen LogP contribution < -0.4 is 5.32 Å². The number of hydrogen-bond donors (Lipinski definition) is 1. The molecule has 1 aromatic rings. The van der Waals surface area contributed by atoms with Gasteiger partial charge in [0.1, 0.15) is 5.82 Å². The van der Waals surface area contributed by atoms with E-state index in [1.54, 1.807) is 0 Å². The molecule has 1 unspecified atom stereocenters. The van der Waals surface area contributed by atoms with Crippen molar-refractivity contribution in [2.45, 2.75) is 33.2 Å².